The Morgan fingerprint density at radius 2 is 2.13 bits per heavy atom. The van der Waals surface area contributed by atoms with E-state index >= 15 is 0 Å². The molecule has 0 amide bonds. The van der Waals surface area contributed by atoms with Crippen LogP contribution in [-0.2, 0) is 0 Å². The molecule has 2 rings (SSSR count). The van der Waals surface area contributed by atoms with Gasteiger partial charge in [0.1, 0.15) is 0 Å². The fourth-order valence-electron chi connectivity index (χ4n) is 1.88. The Bertz CT molecular complexity index is 336. The molecule has 1 aromatic rings. The average molecular weight is 228 g/mol. The Labute approximate surface area is 93.7 Å². The second-order valence-corrected chi connectivity index (χ2v) is 4.14. The smallest absolute Gasteiger partial charge is 0.231 e. The van der Waals surface area contributed by atoms with Crippen molar-refractivity contribution in [3.05, 3.63) is 5.28 Å². The van der Waals surface area contributed by atoms with Crippen molar-refractivity contribution < 1.29 is 0 Å². The number of piperidine rings is 1. The van der Waals surface area contributed by atoms with E-state index in [0.717, 1.165) is 19.4 Å². The molecule has 2 N–H and O–H groups in total. The van der Waals surface area contributed by atoms with Gasteiger partial charge in [-0.3, -0.25) is 0 Å². The molecule has 1 aromatic heterocycles. The molecule has 1 atom stereocenters. The van der Waals surface area contributed by atoms with Crippen LogP contribution < -0.4 is 10.6 Å². The maximum absolute atomic E-state index is 5.75. The first-order valence-electron chi connectivity index (χ1n) is 5.10. The van der Waals surface area contributed by atoms with Gasteiger partial charge in [-0.05, 0) is 37.8 Å². The van der Waals surface area contributed by atoms with Crippen LogP contribution in [0.3, 0.4) is 0 Å². The van der Waals surface area contributed by atoms with Crippen molar-refractivity contribution in [2.45, 2.75) is 32.2 Å². The Kier molecular flexibility index (Phi) is 2.90. The fraction of sp³-hybridized carbons (Fsp3) is 0.667. The van der Waals surface area contributed by atoms with E-state index in [0.29, 0.717) is 12.0 Å². The van der Waals surface area contributed by atoms with Crippen molar-refractivity contribution >= 4 is 23.5 Å². The zero-order valence-electron chi connectivity index (χ0n) is 8.65. The monoisotopic (exact) mass is 227 g/mol. The molecule has 0 radical (unpaired) electrons. The molecule has 0 aromatic carbocycles. The summed E-state index contributed by atoms with van der Waals surface area (Å²) < 4.78 is 0. The standard InChI is InChI=1S/C9H14ClN5/c1-6-4-2-3-5-15(6)9-13-7(10)12-8(11)14-9/h6H,2-5H2,1H3,(H2,11,12,13,14)/t6-/m0/s1. The number of hydrogen-bond acceptors (Lipinski definition) is 5. The van der Waals surface area contributed by atoms with E-state index in [-0.39, 0.29) is 11.2 Å². The number of halogens is 1. The van der Waals surface area contributed by atoms with Crippen molar-refractivity contribution in [3.8, 4) is 0 Å². The minimum atomic E-state index is 0.162. The third-order valence-electron chi connectivity index (χ3n) is 2.67. The van der Waals surface area contributed by atoms with Crippen LogP contribution in [0, 0.1) is 0 Å². The quantitative estimate of drug-likeness (QED) is 0.787. The highest BCUT2D eigenvalue weighted by atomic mass is 35.5. The van der Waals surface area contributed by atoms with Gasteiger partial charge < -0.3 is 10.6 Å². The number of nitrogens with two attached hydrogens (primary N) is 1. The molecule has 6 heteroatoms. The topological polar surface area (TPSA) is 67.9 Å². The molecule has 0 unspecified atom stereocenters. The second kappa shape index (κ2) is 4.18. The van der Waals surface area contributed by atoms with Crippen LogP contribution in [-0.4, -0.2) is 27.5 Å². The molecular formula is C9H14ClN5. The Morgan fingerprint density at radius 1 is 1.33 bits per heavy atom. The van der Waals surface area contributed by atoms with Gasteiger partial charge in [0, 0.05) is 12.6 Å². The highest BCUT2D eigenvalue weighted by Crippen LogP contribution is 2.22. The predicted molar refractivity (Wildman–Crippen MR) is 59.9 cm³/mol. The molecule has 0 bridgehead atoms. The van der Waals surface area contributed by atoms with Gasteiger partial charge in [0.05, 0.1) is 0 Å². The van der Waals surface area contributed by atoms with Crippen molar-refractivity contribution in [3.63, 3.8) is 0 Å². The van der Waals surface area contributed by atoms with Crippen LogP contribution in [0.1, 0.15) is 26.2 Å². The van der Waals surface area contributed by atoms with Gasteiger partial charge in [-0.15, -0.1) is 0 Å². The van der Waals surface area contributed by atoms with Crippen molar-refractivity contribution in [1.29, 1.82) is 0 Å². The van der Waals surface area contributed by atoms with Gasteiger partial charge in [0.25, 0.3) is 0 Å². The summed E-state index contributed by atoms with van der Waals surface area (Å²) in [6.07, 6.45) is 3.57. The van der Waals surface area contributed by atoms with Gasteiger partial charge in [-0.25, -0.2) is 0 Å². The SMILES string of the molecule is C[C@H]1CCCCN1c1nc(N)nc(Cl)n1. The summed E-state index contributed by atoms with van der Waals surface area (Å²) >= 11 is 5.75. The second-order valence-electron chi connectivity index (χ2n) is 3.80. The number of anilines is 2. The van der Waals surface area contributed by atoms with E-state index in [1.807, 2.05) is 0 Å². The normalized spacial score (nSPS) is 21.7. The third-order valence-corrected chi connectivity index (χ3v) is 2.84. The number of nitrogens with zero attached hydrogens (tertiary/aromatic N) is 4. The van der Waals surface area contributed by atoms with Crippen LogP contribution in [0.2, 0.25) is 5.28 Å². The maximum Gasteiger partial charge on any atom is 0.231 e. The molecule has 15 heavy (non-hydrogen) atoms. The van der Waals surface area contributed by atoms with Gasteiger partial charge >= 0.3 is 0 Å². The molecule has 2 heterocycles. The maximum atomic E-state index is 5.75. The van der Waals surface area contributed by atoms with Gasteiger partial charge in [0.2, 0.25) is 17.2 Å². The van der Waals surface area contributed by atoms with E-state index in [1.54, 1.807) is 0 Å². The Balaban J connectivity index is 2.27. The molecule has 82 valence electrons. The van der Waals surface area contributed by atoms with Crippen LogP contribution in [0.5, 0.6) is 0 Å². The number of aromatic nitrogens is 3. The number of hydrogen-bond donors (Lipinski definition) is 1. The molecule has 1 aliphatic heterocycles. The highest BCUT2D eigenvalue weighted by molar-refractivity contribution is 6.28. The first-order valence-corrected chi connectivity index (χ1v) is 5.48. The van der Waals surface area contributed by atoms with Crippen molar-refractivity contribution in [1.82, 2.24) is 15.0 Å². The molecule has 0 aliphatic carbocycles. The third kappa shape index (κ3) is 2.28. The van der Waals surface area contributed by atoms with Crippen LogP contribution in [0.4, 0.5) is 11.9 Å². The lowest BCUT2D eigenvalue weighted by molar-refractivity contribution is 0.477. The number of rotatable bonds is 1. The van der Waals surface area contributed by atoms with Crippen LogP contribution in [0.25, 0.3) is 0 Å². The molecule has 0 spiro atoms. The summed E-state index contributed by atoms with van der Waals surface area (Å²) in [5, 5.41) is 0.162. The first kappa shape index (κ1) is 10.4. The number of nitrogen functional groups attached to an aromatic ring is 1. The van der Waals surface area contributed by atoms with E-state index in [2.05, 4.69) is 26.8 Å². The largest absolute Gasteiger partial charge is 0.368 e. The average Bonchev–Trinajstić information content (AvgIpc) is 2.16. The van der Waals surface area contributed by atoms with Gasteiger partial charge in [-0.2, -0.15) is 15.0 Å². The zero-order chi connectivity index (χ0) is 10.8. The lowest BCUT2D eigenvalue weighted by Gasteiger charge is -2.33. The van der Waals surface area contributed by atoms with E-state index < -0.39 is 0 Å². The lowest BCUT2D eigenvalue weighted by Crippen LogP contribution is -2.38. The predicted octanol–water partition coefficient (Wildman–Crippen LogP) is 1.49. The molecule has 5 nitrogen and oxygen atoms in total. The molecule has 1 aliphatic rings. The van der Waals surface area contributed by atoms with E-state index in [1.165, 1.54) is 6.42 Å². The summed E-state index contributed by atoms with van der Waals surface area (Å²) in [6, 6.07) is 0.441. The van der Waals surface area contributed by atoms with E-state index in [9.17, 15) is 0 Å². The summed E-state index contributed by atoms with van der Waals surface area (Å²) in [6.45, 7) is 3.12. The fourth-order valence-corrected chi connectivity index (χ4v) is 2.04. The van der Waals surface area contributed by atoms with Gasteiger partial charge in [0.15, 0.2) is 0 Å². The Hall–Kier alpha value is -1.10. The summed E-state index contributed by atoms with van der Waals surface area (Å²) in [7, 11) is 0. The highest BCUT2D eigenvalue weighted by Gasteiger charge is 2.21. The minimum absolute atomic E-state index is 0.162. The van der Waals surface area contributed by atoms with Crippen LogP contribution in [0.15, 0.2) is 0 Å². The molecule has 0 saturated carbocycles. The Morgan fingerprint density at radius 3 is 2.80 bits per heavy atom. The van der Waals surface area contributed by atoms with Crippen molar-refractivity contribution in [2.75, 3.05) is 17.2 Å². The van der Waals surface area contributed by atoms with Crippen molar-refractivity contribution in [2.24, 2.45) is 0 Å². The minimum Gasteiger partial charge on any atom is -0.368 e. The lowest BCUT2D eigenvalue weighted by atomic mass is 10.0. The van der Waals surface area contributed by atoms with Gasteiger partial charge in [-0.1, -0.05) is 0 Å². The van der Waals surface area contributed by atoms with E-state index in [4.69, 9.17) is 17.3 Å². The molecule has 1 saturated heterocycles. The summed E-state index contributed by atoms with van der Waals surface area (Å²) in [4.78, 5) is 14.1. The molecular weight excluding hydrogens is 214 g/mol. The summed E-state index contributed by atoms with van der Waals surface area (Å²) in [5.41, 5.74) is 5.54. The molecule has 1 fully saturated rings. The first-order chi connectivity index (χ1) is 7.16. The summed E-state index contributed by atoms with van der Waals surface area (Å²) in [5.74, 6) is 0.780. The zero-order valence-corrected chi connectivity index (χ0v) is 9.41. The van der Waals surface area contributed by atoms with Crippen LogP contribution >= 0.6 is 11.6 Å².